The van der Waals surface area contributed by atoms with Gasteiger partial charge in [-0.1, -0.05) is 26.7 Å². The molecule has 3 N–H and O–H groups in total. The molecule has 0 aromatic carbocycles. The largest absolute Gasteiger partial charge is 0.469 e. The maximum absolute atomic E-state index is 12.4. The van der Waals surface area contributed by atoms with E-state index in [9.17, 15) is 19.5 Å². The Morgan fingerprint density at radius 1 is 1.23 bits per heavy atom. The smallest absolute Gasteiger partial charge is 0.407 e. The monoisotopic (exact) mass is 428 g/mol. The average molecular weight is 429 g/mol. The zero-order valence-corrected chi connectivity index (χ0v) is 19.5. The Labute approximate surface area is 180 Å². The fourth-order valence-electron chi connectivity index (χ4n) is 4.27. The maximum atomic E-state index is 12.4. The Morgan fingerprint density at radius 3 is 2.37 bits per heavy atom. The molecule has 1 saturated carbocycles. The molecule has 6 atom stereocenters. The molecular weight excluding hydrogens is 388 g/mol. The SMILES string of the molecule is CCCC(C[C@H]1[C@H](O)[C@@H](C(=O)OC)C[C@@H]1NC(=O)OC(C)(C)C)C(C)CNC(C)=O. The summed E-state index contributed by atoms with van der Waals surface area (Å²) < 4.78 is 10.2. The number of aliphatic hydroxyl groups is 1. The number of hydrogen-bond acceptors (Lipinski definition) is 6. The van der Waals surface area contributed by atoms with Crippen LogP contribution >= 0.6 is 0 Å². The van der Waals surface area contributed by atoms with Crippen molar-refractivity contribution in [2.24, 2.45) is 23.7 Å². The van der Waals surface area contributed by atoms with Gasteiger partial charge >= 0.3 is 12.1 Å². The van der Waals surface area contributed by atoms with Crippen molar-refractivity contribution in [2.75, 3.05) is 13.7 Å². The van der Waals surface area contributed by atoms with Crippen LogP contribution in [-0.4, -0.2) is 54.5 Å². The lowest BCUT2D eigenvalue weighted by Gasteiger charge is -2.31. The third-order valence-electron chi connectivity index (χ3n) is 5.79. The highest BCUT2D eigenvalue weighted by Crippen LogP contribution is 2.39. The molecule has 1 fully saturated rings. The van der Waals surface area contributed by atoms with E-state index in [1.54, 1.807) is 20.8 Å². The molecule has 0 spiro atoms. The normalized spacial score (nSPS) is 25.9. The van der Waals surface area contributed by atoms with Gasteiger partial charge in [-0.3, -0.25) is 9.59 Å². The van der Waals surface area contributed by atoms with Crippen molar-refractivity contribution >= 4 is 18.0 Å². The van der Waals surface area contributed by atoms with E-state index < -0.39 is 35.7 Å². The van der Waals surface area contributed by atoms with Crippen molar-refractivity contribution in [1.82, 2.24) is 10.6 Å². The van der Waals surface area contributed by atoms with Crippen LogP contribution in [0.1, 0.15) is 67.2 Å². The Hall–Kier alpha value is -1.83. The summed E-state index contributed by atoms with van der Waals surface area (Å²) in [4.78, 5) is 35.8. The fraction of sp³-hybridized carbons (Fsp3) is 0.864. The Kier molecular flexibility index (Phi) is 10.1. The molecule has 2 amide bonds. The molecule has 0 aliphatic heterocycles. The number of rotatable bonds is 9. The number of amides is 2. The Balaban J connectivity index is 2.99. The van der Waals surface area contributed by atoms with Crippen LogP contribution in [0.25, 0.3) is 0 Å². The second-order valence-corrected chi connectivity index (χ2v) is 9.47. The van der Waals surface area contributed by atoms with Gasteiger partial charge in [-0.05, 0) is 45.4 Å². The number of nitrogens with one attached hydrogen (secondary N) is 2. The molecule has 0 aromatic heterocycles. The highest BCUT2D eigenvalue weighted by atomic mass is 16.6. The number of esters is 1. The van der Waals surface area contributed by atoms with E-state index >= 15 is 0 Å². The second-order valence-electron chi connectivity index (χ2n) is 9.47. The van der Waals surface area contributed by atoms with Crippen LogP contribution in [-0.2, 0) is 19.1 Å². The molecule has 0 aromatic rings. The first-order valence-electron chi connectivity index (χ1n) is 10.9. The van der Waals surface area contributed by atoms with Crippen molar-refractivity contribution < 1.29 is 29.0 Å². The highest BCUT2D eigenvalue weighted by molar-refractivity contribution is 5.74. The molecule has 8 nitrogen and oxygen atoms in total. The first-order valence-corrected chi connectivity index (χ1v) is 10.9. The molecule has 174 valence electrons. The second kappa shape index (κ2) is 11.5. The number of carbonyl (C=O) groups excluding carboxylic acids is 3. The summed E-state index contributed by atoms with van der Waals surface area (Å²) in [7, 11) is 1.30. The molecule has 0 bridgehead atoms. The summed E-state index contributed by atoms with van der Waals surface area (Å²) >= 11 is 0. The van der Waals surface area contributed by atoms with Gasteiger partial charge in [0.05, 0.1) is 19.1 Å². The summed E-state index contributed by atoms with van der Waals surface area (Å²) in [6, 6.07) is -0.397. The van der Waals surface area contributed by atoms with E-state index in [1.807, 2.05) is 0 Å². The van der Waals surface area contributed by atoms with Gasteiger partial charge in [-0.2, -0.15) is 0 Å². The lowest BCUT2D eigenvalue weighted by atomic mass is 9.79. The quantitative estimate of drug-likeness (QED) is 0.487. The van der Waals surface area contributed by atoms with E-state index in [0.29, 0.717) is 19.4 Å². The summed E-state index contributed by atoms with van der Waals surface area (Å²) in [5.74, 6) is -1.13. The molecule has 8 heteroatoms. The summed E-state index contributed by atoms with van der Waals surface area (Å²) in [6.07, 6.45) is 1.34. The van der Waals surface area contributed by atoms with Crippen molar-refractivity contribution in [3.8, 4) is 0 Å². The van der Waals surface area contributed by atoms with Crippen LogP contribution in [0.15, 0.2) is 0 Å². The molecule has 0 radical (unpaired) electrons. The summed E-state index contributed by atoms with van der Waals surface area (Å²) in [5, 5.41) is 16.6. The van der Waals surface area contributed by atoms with Crippen molar-refractivity contribution in [2.45, 2.75) is 85.0 Å². The summed E-state index contributed by atoms with van der Waals surface area (Å²) in [5.41, 5.74) is -0.643. The van der Waals surface area contributed by atoms with E-state index in [4.69, 9.17) is 9.47 Å². The minimum Gasteiger partial charge on any atom is -0.469 e. The Morgan fingerprint density at radius 2 is 1.87 bits per heavy atom. The van der Waals surface area contributed by atoms with Gasteiger partial charge in [0.25, 0.3) is 0 Å². The zero-order valence-electron chi connectivity index (χ0n) is 19.5. The highest BCUT2D eigenvalue weighted by Gasteiger charge is 2.48. The number of ether oxygens (including phenoxy) is 2. The molecule has 1 rings (SSSR count). The van der Waals surface area contributed by atoms with E-state index in [0.717, 1.165) is 12.8 Å². The lowest BCUT2D eigenvalue weighted by molar-refractivity contribution is -0.149. The average Bonchev–Trinajstić information content (AvgIpc) is 2.92. The topological polar surface area (TPSA) is 114 Å². The number of hydrogen-bond donors (Lipinski definition) is 3. The predicted octanol–water partition coefficient (Wildman–Crippen LogP) is 2.63. The van der Waals surface area contributed by atoms with Crippen molar-refractivity contribution in [3.63, 3.8) is 0 Å². The van der Waals surface area contributed by atoms with Gasteiger partial charge in [0.2, 0.25) is 5.91 Å². The number of alkyl carbamates (subject to hydrolysis) is 1. The zero-order chi connectivity index (χ0) is 23.1. The van der Waals surface area contributed by atoms with Crippen LogP contribution in [0, 0.1) is 23.7 Å². The van der Waals surface area contributed by atoms with Crippen molar-refractivity contribution in [1.29, 1.82) is 0 Å². The fourth-order valence-corrected chi connectivity index (χ4v) is 4.27. The van der Waals surface area contributed by atoms with Crippen LogP contribution in [0.2, 0.25) is 0 Å². The van der Waals surface area contributed by atoms with Crippen LogP contribution in [0.4, 0.5) is 4.79 Å². The van der Waals surface area contributed by atoms with Gasteiger partial charge in [0, 0.05) is 25.4 Å². The van der Waals surface area contributed by atoms with Gasteiger partial charge in [-0.15, -0.1) is 0 Å². The van der Waals surface area contributed by atoms with Crippen LogP contribution in [0.3, 0.4) is 0 Å². The Bertz CT molecular complexity index is 589. The number of methoxy groups -OCH3 is 1. The minimum atomic E-state index is -0.912. The third kappa shape index (κ3) is 8.13. The number of aliphatic hydroxyl groups excluding tert-OH is 1. The standard InChI is InChI=1S/C22H40N2O6/c1-8-9-15(13(2)12-23-14(3)25)10-16-18(24-21(28)30-22(4,5)6)11-17(19(16)26)20(27)29-7/h13,15-19,26H,8-12H2,1-7H3,(H,23,25)(H,24,28)/t13?,15?,16-,17+,18+,19+/m1/s1. The van der Waals surface area contributed by atoms with Gasteiger partial charge < -0.3 is 25.2 Å². The minimum absolute atomic E-state index is 0.0757. The molecule has 1 aliphatic rings. The third-order valence-corrected chi connectivity index (χ3v) is 5.79. The van der Waals surface area contributed by atoms with Gasteiger partial charge in [0.1, 0.15) is 5.60 Å². The van der Waals surface area contributed by atoms with Crippen LogP contribution < -0.4 is 10.6 Å². The molecule has 0 heterocycles. The van der Waals surface area contributed by atoms with Crippen molar-refractivity contribution in [3.05, 3.63) is 0 Å². The molecular formula is C22H40N2O6. The first kappa shape index (κ1) is 26.2. The molecule has 1 aliphatic carbocycles. The molecule has 30 heavy (non-hydrogen) atoms. The maximum Gasteiger partial charge on any atom is 0.407 e. The summed E-state index contributed by atoms with van der Waals surface area (Å²) in [6.45, 7) is 11.6. The van der Waals surface area contributed by atoms with Gasteiger partial charge in [-0.25, -0.2) is 4.79 Å². The lowest BCUT2D eigenvalue weighted by Crippen LogP contribution is -2.43. The predicted molar refractivity (Wildman–Crippen MR) is 114 cm³/mol. The molecule has 2 unspecified atom stereocenters. The number of carbonyl (C=O) groups is 3. The van der Waals surface area contributed by atoms with Crippen LogP contribution in [0.5, 0.6) is 0 Å². The first-order chi connectivity index (χ1) is 13.9. The van der Waals surface area contributed by atoms with E-state index in [-0.39, 0.29) is 23.7 Å². The van der Waals surface area contributed by atoms with E-state index in [2.05, 4.69) is 24.5 Å². The molecule has 0 saturated heterocycles. The van der Waals surface area contributed by atoms with E-state index in [1.165, 1.54) is 14.0 Å². The van der Waals surface area contributed by atoms with Gasteiger partial charge in [0.15, 0.2) is 0 Å².